The molecule has 2 fully saturated rings. The average Bonchev–Trinajstić information content (AvgIpc) is 2.67. The van der Waals surface area contributed by atoms with Crippen LogP contribution in [0.2, 0.25) is 0 Å². The molecule has 1 N–H and O–H groups in total. The fourth-order valence-electron chi connectivity index (χ4n) is 1.81. The summed E-state index contributed by atoms with van der Waals surface area (Å²) >= 11 is 0. The number of nitrogens with one attached hydrogen (secondary N) is 1. The van der Waals surface area contributed by atoms with Crippen LogP contribution in [0.1, 0.15) is 6.42 Å². The van der Waals surface area contributed by atoms with Gasteiger partial charge in [-0.1, -0.05) is 0 Å². The average molecular weight is 201 g/mol. The van der Waals surface area contributed by atoms with E-state index in [0.717, 1.165) is 13.0 Å². The van der Waals surface area contributed by atoms with Gasteiger partial charge in [0, 0.05) is 19.6 Å². The van der Waals surface area contributed by atoms with Crippen LogP contribution in [-0.2, 0) is 19.0 Å². The van der Waals surface area contributed by atoms with Gasteiger partial charge in [0.25, 0.3) is 0 Å². The fraction of sp³-hybridized carbons (Fsp3) is 0.889. The lowest BCUT2D eigenvalue weighted by Crippen LogP contribution is -2.57. The van der Waals surface area contributed by atoms with E-state index < -0.39 is 0 Å². The van der Waals surface area contributed by atoms with Crippen molar-refractivity contribution in [3.63, 3.8) is 0 Å². The molecule has 2 saturated heterocycles. The summed E-state index contributed by atoms with van der Waals surface area (Å²) in [5, 5.41) is 3.12. The molecule has 0 aromatic heterocycles. The van der Waals surface area contributed by atoms with E-state index in [1.54, 1.807) is 0 Å². The van der Waals surface area contributed by atoms with Crippen molar-refractivity contribution in [3.05, 3.63) is 0 Å². The predicted octanol–water partition coefficient (Wildman–Crippen LogP) is -0.693. The summed E-state index contributed by atoms with van der Waals surface area (Å²) in [6, 6.07) is -0.328. The highest BCUT2D eigenvalue weighted by atomic mass is 16.6. The summed E-state index contributed by atoms with van der Waals surface area (Å²) in [6.45, 7) is 2.39. The van der Waals surface area contributed by atoms with E-state index in [0.29, 0.717) is 19.8 Å². The maximum Gasteiger partial charge on any atom is 0.325 e. The summed E-state index contributed by atoms with van der Waals surface area (Å²) in [5.41, 5.74) is -0.204. The monoisotopic (exact) mass is 201 g/mol. The van der Waals surface area contributed by atoms with Crippen molar-refractivity contribution in [2.45, 2.75) is 18.1 Å². The number of esters is 1. The van der Waals surface area contributed by atoms with Crippen molar-refractivity contribution in [3.8, 4) is 0 Å². The standard InChI is InChI=1S/C9H15NO4/c1-12-8(11)7-4-14-9(5-10-7)2-3-13-6-9/h7,10H,2-6H2,1H3. The Hall–Kier alpha value is -0.650. The molecule has 0 aromatic carbocycles. The number of carbonyl (C=O) groups excluding carboxylic acids is 1. The SMILES string of the molecule is COC(=O)C1COC2(CCOC2)CN1. The molecule has 2 rings (SSSR count). The van der Waals surface area contributed by atoms with Gasteiger partial charge in [0.2, 0.25) is 0 Å². The topological polar surface area (TPSA) is 56.8 Å². The molecule has 80 valence electrons. The minimum atomic E-state index is -0.328. The van der Waals surface area contributed by atoms with Gasteiger partial charge in [-0.3, -0.25) is 10.1 Å². The number of ether oxygens (including phenoxy) is 3. The Kier molecular flexibility index (Phi) is 2.71. The third-order valence-electron chi connectivity index (χ3n) is 2.78. The lowest BCUT2D eigenvalue weighted by atomic mass is 10.0. The Morgan fingerprint density at radius 2 is 2.50 bits per heavy atom. The van der Waals surface area contributed by atoms with Crippen molar-refractivity contribution in [1.29, 1.82) is 0 Å². The van der Waals surface area contributed by atoms with Crippen LogP contribution < -0.4 is 5.32 Å². The molecule has 2 aliphatic heterocycles. The summed E-state index contributed by atoms with van der Waals surface area (Å²) < 4.78 is 15.6. The number of hydrogen-bond donors (Lipinski definition) is 1. The van der Waals surface area contributed by atoms with Crippen molar-refractivity contribution in [2.24, 2.45) is 0 Å². The zero-order valence-corrected chi connectivity index (χ0v) is 8.25. The van der Waals surface area contributed by atoms with Gasteiger partial charge in [-0.05, 0) is 0 Å². The Morgan fingerprint density at radius 3 is 3.00 bits per heavy atom. The second kappa shape index (κ2) is 3.84. The first-order chi connectivity index (χ1) is 6.76. The largest absolute Gasteiger partial charge is 0.468 e. The summed E-state index contributed by atoms with van der Waals surface area (Å²) in [4.78, 5) is 11.2. The van der Waals surface area contributed by atoms with Crippen LogP contribution in [0, 0.1) is 0 Å². The lowest BCUT2D eigenvalue weighted by molar-refractivity contribution is -0.152. The van der Waals surface area contributed by atoms with Crippen LogP contribution in [0.15, 0.2) is 0 Å². The number of rotatable bonds is 1. The smallest absolute Gasteiger partial charge is 0.325 e. The minimum Gasteiger partial charge on any atom is -0.468 e. The van der Waals surface area contributed by atoms with Gasteiger partial charge in [-0.15, -0.1) is 0 Å². The maximum absolute atomic E-state index is 11.2. The van der Waals surface area contributed by atoms with Crippen molar-refractivity contribution < 1.29 is 19.0 Å². The predicted molar refractivity (Wildman–Crippen MR) is 47.9 cm³/mol. The van der Waals surface area contributed by atoms with Crippen molar-refractivity contribution in [2.75, 3.05) is 33.5 Å². The molecule has 0 amide bonds. The Bertz CT molecular complexity index is 215. The summed E-state index contributed by atoms with van der Waals surface area (Å²) in [5.74, 6) is -0.265. The molecule has 0 radical (unpaired) electrons. The molecule has 0 aliphatic carbocycles. The molecule has 14 heavy (non-hydrogen) atoms. The van der Waals surface area contributed by atoms with Gasteiger partial charge in [0.1, 0.15) is 11.6 Å². The van der Waals surface area contributed by atoms with E-state index >= 15 is 0 Å². The van der Waals surface area contributed by atoms with E-state index in [-0.39, 0.29) is 17.6 Å². The van der Waals surface area contributed by atoms with Gasteiger partial charge in [-0.25, -0.2) is 0 Å². The number of carbonyl (C=O) groups is 1. The first-order valence-corrected chi connectivity index (χ1v) is 4.79. The third kappa shape index (κ3) is 1.75. The van der Waals surface area contributed by atoms with Gasteiger partial charge < -0.3 is 14.2 Å². The highest BCUT2D eigenvalue weighted by molar-refractivity contribution is 5.75. The van der Waals surface area contributed by atoms with Gasteiger partial charge >= 0.3 is 5.97 Å². The second-order valence-electron chi connectivity index (χ2n) is 3.75. The summed E-state index contributed by atoms with van der Waals surface area (Å²) in [7, 11) is 1.38. The first kappa shape index (κ1) is 9.89. The summed E-state index contributed by atoms with van der Waals surface area (Å²) in [6.07, 6.45) is 0.897. The molecule has 1 spiro atoms. The van der Waals surface area contributed by atoms with Gasteiger partial charge in [0.05, 0.1) is 20.3 Å². The number of hydrogen-bond acceptors (Lipinski definition) is 5. The molecule has 5 heteroatoms. The minimum absolute atomic E-state index is 0.204. The third-order valence-corrected chi connectivity index (χ3v) is 2.78. The Balaban J connectivity index is 1.88. The molecule has 2 aliphatic rings. The molecular weight excluding hydrogens is 186 g/mol. The van der Waals surface area contributed by atoms with Crippen molar-refractivity contribution in [1.82, 2.24) is 5.32 Å². The number of morpholine rings is 1. The first-order valence-electron chi connectivity index (χ1n) is 4.79. The molecule has 0 bridgehead atoms. The van der Waals surface area contributed by atoms with Crippen LogP contribution in [-0.4, -0.2) is 51.1 Å². The maximum atomic E-state index is 11.2. The fourth-order valence-corrected chi connectivity index (χ4v) is 1.81. The second-order valence-corrected chi connectivity index (χ2v) is 3.75. The van der Waals surface area contributed by atoms with Crippen LogP contribution >= 0.6 is 0 Å². The van der Waals surface area contributed by atoms with E-state index in [4.69, 9.17) is 9.47 Å². The van der Waals surface area contributed by atoms with Crippen LogP contribution in [0.5, 0.6) is 0 Å². The zero-order chi connectivity index (χ0) is 10.0. The molecular formula is C9H15NO4. The number of methoxy groups -OCH3 is 1. The molecule has 2 heterocycles. The highest BCUT2D eigenvalue weighted by Crippen LogP contribution is 2.25. The Labute approximate surface area is 82.7 Å². The molecule has 0 saturated carbocycles. The molecule has 2 unspecified atom stereocenters. The van der Waals surface area contributed by atoms with E-state index in [2.05, 4.69) is 10.1 Å². The quantitative estimate of drug-likeness (QED) is 0.569. The lowest BCUT2D eigenvalue weighted by Gasteiger charge is -2.35. The van der Waals surface area contributed by atoms with Crippen molar-refractivity contribution >= 4 is 5.97 Å². The van der Waals surface area contributed by atoms with Gasteiger partial charge in [-0.2, -0.15) is 0 Å². The van der Waals surface area contributed by atoms with Crippen LogP contribution in [0.3, 0.4) is 0 Å². The highest BCUT2D eigenvalue weighted by Gasteiger charge is 2.41. The van der Waals surface area contributed by atoms with E-state index in [1.807, 2.05) is 0 Å². The molecule has 5 nitrogen and oxygen atoms in total. The molecule has 2 atom stereocenters. The Morgan fingerprint density at radius 1 is 1.64 bits per heavy atom. The van der Waals surface area contributed by atoms with E-state index in [1.165, 1.54) is 7.11 Å². The van der Waals surface area contributed by atoms with E-state index in [9.17, 15) is 4.79 Å². The normalized spacial score (nSPS) is 37.4. The molecule has 0 aromatic rings. The van der Waals surface area contributed by atoms with Gasteiger partial charge in [0.15, 0.2) is 0 Å². The zero-order valence-electron chi connectivity index (χ0n) is 8.25. The van der Waals surface area contributed by atoms with Crippen LogP contribution in [0.25, 0.3) is 0 Å². The van der Waals surface area contributed by atoms with Crippen LogP contribution in [0.4, 0.5) is 0 Å².